The lowest BCUT2D eigenvalue weighted by Crippen LogP contribution is -2.58. The molecule has 0 bridgehead atoms. The zero-order valence-corrected chi connectivity index (χ0v) is 17.6. The lowest BCUT2D eigenvalue weighted by atomic mass is 9.85. The molecular weight excluding hydrogens is 376 g/mol. The van der Waals surface area contributed by atoms with Crippen molar-refractivity contribution in [3.05, 3.63) is 17.5 Å². The van der Waals surface area contributed by atoms with E-state index < -0.39 is 5.54 Å². The van der Waals surface area contributed by atoms with Gasteiger partial charge in [0.2, 0.25) is 5.91 Å². The van der Waals surface area contributed by atoms with Gasteiger partial charge < -0.3 is 19.1 Å². The number of aromatic nitrogens is 1. The molecule has 2 aliphatic heterocycles. The second-order valence-electron chi connectivity index (χ2n) is 8.26. The van der Waals surface area contributed by atoms with E-state index in [1.165, 1.54) is 4.90 Å². The van der Waals surface area contributed by atoms with E-state index in [0.29, 0.717) is 44.8 Å². The standard InChI is InChI=1S/C20H30N4O5/c1-14(2)13-24-19(27)23(9-10-28-4)18(26)20(24)5-7-22(8-6-20)17(25)12-16-11-15(3)21-29-16/h11,14H,5-10,12-13H2,1-4H3. The highest BCUT2D eigenvalue weighted by molar-refractivity contribution is 6.07. The van der Waals surface area contributed by atoms with E-state index in [1.54, 1.807) is 23.0 Å². The smallest absolute Gasteiger partial charge is 0.327 e. The molecule has 2 fully saturated rings. The fraction of sp³-hybridized carbons (Fsp3) is 0.700. The third-order valence-electron chi connectivity index (χ3n) is 5.63. The van der Waals surface area contributed by atoms with Crippen molar-refractivity contribution >= 4 is 17.8 Å². The molecular formula is C20H30N4O5. The Morgan fingerprint density at radius 3 is 2.55 bits per heavy atom. The number of nitrogens with zero attached hydrogens (tertiary/aromatic N) is 4. The number of urea groups is 1. The minimum atomic E-state index is -0.866. The molecule has 2 aliphatic rings. The number of amides is 4. The van der Waals surface area contributed by atoms with Crippen molar-refractivity contribution in [2.45, 2.75) is 45.6 Å². The van der Waals surface area contributed by atoms with Gasteiger partial charge in [-0.05, 0) is 25.7 Å². The molecule has 4 amide bonds. The summed E-state index contributed by atoms with van der Waals surface area (Å²) in [5, 5.41) is 3.81. The summed E-state index contributed by atoms with van der Waals surface area (Å²) in [6.45, 7) is 7.79. The lowest BCUT2D eigenvalue weighted by molar-refractivity contribution is -0.141. The highest BCUT2D eigenvalue weighted by atomic mass is 16.5. The van der Waals surface area contributed by atoms with Crippen LogP contribution in [0.2, 0.25) is 0 Å². The van der Waals surface area contributed by atoms with Crippen molar-refractivity contribution < 1.29 is 23.6 Å². The molecule has 0 unspecified atom stereocenters. The first-order chi connectivity index (χ1) is 13.8. The Kier molecular flexibility index (Phi) is 6.26. The molecule has 0 aliphatic carbocycles. The van der Waals surface area contributed by atoms with Gasteiger partial charge in [-0.15, -0.1) is 0 Å². The van der Waals surface area contributed by atoms with Crippen molar-refractivity contribution in [2.24, 2.45) is 5.92 Å². The van der Waals surface area contributed by atoms with Gasteiger partial charge in [-0.3, -0.25) is 14.5 Å². The monoisotopic (exact) mass is 406 g/mol. The van der Waals surface area contributed by atoms with Crippen LogP contribution in [0.3, 0.4) is 0 Å². The Bertz CT molecular complexity index is 767. The summed E-state index contributed by atoms with van der Waals surface area (Å²) in [4.78, 5) is 43.6. The molecule has 0 aromatic carbocycles. The van der Waals surface area contributed by atoms with E-state index in [2.05, 4.69) is 5.16 Å². The van der Waals surface area contributed by atoms with E-state index >= 15 is 0 Å². The molecule has 3 heterocycles. The summed E-state index contributed by atoms with van der Waals surface area (Å²) in [5.41, 5.74) is -0.129. The molecule has 0 radical (unpaired) electrons. The van der Waals surface area contributed by atoms with Gasteiger partial charge in [0.1, 0.15) is 11.3 Å². The Labute approximate surface area is 170 Å². The summed E-state index contributed by atoms with van der Waals surface area (Å²) >= 11 is 0. The van der Waals surface area contributed by atoms with Gasteiger partial charge in [-0.25, -0.2) is 4.79 Å². The fourth-order valence-electron chi connectivity index (χ4n) is 4.15. The third kappa shape index (κ3) is 4.14. The van der Waals surface area contributed by atoms with Crippen LogP contribution in [0.15, 0.2) is 10.6 Å². The van der Waals surface area contributed by atoms with Gasteiger partial charge in [0.25, 0.3) is 5.91 Å². The number of aryl methyl sites for hydroxylation is 1. The maximum Gasteiger partial charge on any atom is 0.327 e. The molecule has 3 rings (SSSR count). The normalized spacial score (nSPS) is 19.1. The molecule has 160 valence electrons. The number of methoxy groups -OCH3 is 1. The molecule has 1 aromatic rings. The summed E-state index contributed by atoms with van der Waals surface area (Å²) in [6, 6.07) is 1.50. The highest BCUT2D eigenvalue weighted by Crippen LogP contribution is 2.38. The lowest BCUT2D eigenvalue weighted by Gasteiger charge is -2.42. The van der Waals surface area contributed by atoms with Gasteiger partial charge >= 0.3 is 6.03 Å². The summed E-state index contributed by atoms with van der Waals surface area (Å²) in [6.07, 6.45) is 1.03. The van der Waals surface area contributed by atoms with Crippen LogP contribution in [0.5, 0.6) is 0 Å². The number of carbonyl (C=O) groups excluding carboxylic acids is 3. The quantitative estimate of drug-likeness (QED) is 0.636. The van der Waals surface area contributed by atoms with Crippen LogP contribution in [0.25, 0.3) is 0 Å². The Hall–Kier alpha value is -2.42. The molecule has 9 heteroatoms. The average Bonchev–Trinajstić information content (AvgIpc) is 3.16. The van der Waals surface area contributed by atoms with Gasteiger partial charge in [0.05, 0.1) is 25.3 Å². The van der Waals surface area contributed by atoms with Crippen LogP contribution in [-0.4, -0.2) is 83.1 Å². The first kappa shape index (κ1) is 21.3. The molecule has 0 saturated carbocycles. The number of imide groups is 1. The average molecular weight is 406 g/mol. The largest absolute Gasteiger partial charge is 0.383 e. The van der Waals surface area contributed by atoms with Gasteiger partial charge in [0, 0.05) is 32.8 Å². The number of carbonyl (C=O) groups is 3. The van der Waals surface area contributed by atoms with Gasteiger partial charge in [0.15, 0.2) is 0 Å². The number of ether oxygens (including phenoxy) is 1. The van der Waals surface area contributed by atoms with Gasteiger partial charge in [-0.1, -0.05) is 19.0 Å². The predicted octanol–water partition coefficient (Wildman–Crippen LogP) is 1.45. The first-order valence-corrected chi connectivity index (χ1v) is 10.1. The predicted molar refractivity (Wildman–Crippen MR) is 104 cm³/mol. The van der Waals surface area contributed by atoms with E-state index in [1.807, 2.05) is 20.8 Å². The minimum absolute atomic E-state index is 0.0561. The number of likely N-dealkylation sites (tertiary alicyclic amines) is 1. The van der Waals surface area contributed by atoms with Gasteiger partial charge in [-0.2, -0.15) is 0 Å². The van der Waals surface area contributed by atoms with Crippen molar-refractivity contribution in [1.82, 2.24) is 19.9 Å². The van der Waals surface area contributed by atoms with Crippen LogP contribution in [0.1, 0.15) is 38.1 Å². The maximum absolute atomic E-state index is 13.2. The Morgan fingerprint density at radius 2 is 2.00 bits per heavy atom. The zero-order chi connectivity index (χ0) is 21.2. The number of hydrogen-bond donors (Lipinski definition) is 0. The topological polar surface area (TPSA) is 96.2 Å². The fourth-order valence-corrected chi connectivity index (χ4v) is 4.15. The van der Waals surface area contributed by atoms with E-state index in [-0.39, 0.29) is 36.7 Å². The van der Waals surface area contributed by atoms with Crippen LogP contribution < -0.4 is 0 Å². The SMILES string of the molecule is COCCN1C(=O)N(CC(C)C)C2(CCN(C(=O)Cc3cc(C)no3)CC2)C1=O. The zero-order valence-electron chi connectivity index (χ0n) is 17.6. The minimum Gasteiger partial charge on any atom is -0.383 e. The van der Waals surface area contributed by atoms with Crippen molar-refractivity contribution in [2.75, 3.05) is 39.9 Å². The van der Waals surface area contributed by atoms with Crippen LogP contribution in [-0.2, 0) is 20.7 Å². The number of piperidine rings is 1. The van der Waals surface area contributed by atoms with E-state index in [9.17, 15) is 14.4 Å². The molecule has 0 N–H and O–H groups in total. The first-order valence-electron chi connectivity index (χ1n) is 10.1. The molecule has 1 aromatic heterocycles. The molecule has 9 nitrogen and oxygen atoms in total. The second-order valence-corrected chi connectivity index (χ2v) is 8.26. The summed E-state index contributed by atoms with van der Waals surface area (Å²) < 4.78 is 10.2. The highest BCUT2D eigenvalue weighted by Gasteiger charge is 2.58. The number of rotatable bonds is 7. The molecule has 29 heavy (non-hydrogen) atoms. The van der Waals surface area contributed by atoms with Crippen molar-refractivity contribution in [1.29, 1.82) is 0 Å². The van der Waals surface area contributed by atoms with E-state index in [4.69, 9.17) is 9.26 Å². The molecule has 0 atom stereocenters. The molecule has 1 spiro atoms. The van der Waals surface area contributed by atoms with Crippen LogP contribution in [0.4, 0.5) is 4.79 Å². The Balaban J connectivity index is 1.72. The van der Waals surface area contributed by atoms with Crippen LogP contribution >= 0.6 is 0 Å². The van der Waals surface area contributed by atoms with E-state index in [0.717, 1.165) is 5.69 Å². The second kappa shape index (κ2) is 8.52. The third-order valence-corrected chi connectivity index (χ3v) is 5.63. The van der Waals surface area contributed by atoms with Crippen molar-refractivity contribution in [3.8, 4) is 0 Å². The summed E-state index contributed by atoms with van der Waals surface area (Å²) in [7, 11) is 1.55. The summed E-state index contributed by atoms with van der Waals surface area (Å²) in [5.74, 6) is 0.546. The van der Waals surface area contributed by atoms with Crippen LogP contribution in [0, 0.1) is 12.8 Å². The number of hydrogen-bond acceptors (Lipinski definition) is 6. The Morgan fingerprint density at radius 1 is 1.31 bits per heavy atom. The van der Waals surface area contributed by atoms with Crippen molar-refractivity contribution in [3.63, 3.8) is 0 Å². The molecule has 2 saturated heterocycles. The maximum atomic E-state index is 13.2.